The number of ether oxygens (including phenoxy) is 1. The molecule has 0 atom stereocenters. The van der Waals surface area contributed by atoms with Gasteiger partial charge >= 0.3 is 0 Å². The lowest BCUT2D eigenvalue weighted by Gasteiger charge is -2.25. The number of hydrogen-bond donors (Lipinski definition) is 0. The van der Waals surface area contributed by atoms with Crippen molar-refractivity contribution in [1.29, 1.82) is 0 Å². The van der Waals surface area contributed by atoms with E-state index in [1.54, 1.807) is 0 Å². The first-order chi connectivity index (χ1) is 9.81. The lowest BCUT2D eigenvalue weighted by molar-refractivity contribution is -0.121. The average molecular weight is 273 g/mol. The van der Waals surface area contributed by atoms with Gasteiger partial charge in [-0.1, -0.05) is 6.07 Å². The molecule has 3 heteroatoms. The molecule has 3 rings (SSSR count). The zero-order valence-electron chi connectivity index (χ0n) is 12.1. The minimum atomic E-state index is 0.400. The number of piperidine rings is 1. The van der Waals surface area contributed by atoms with Crippen LogP contribution in [0.2, 0.25) is 0 Å². The summed E-state index contributed by atoms with van der Waals surface area (Å²) in [5, 5.41) is 0. The lowest BCUT2D eigenvalue weighted by Crippen LogP contribution is -2.36. The van der Waals surface area contributed by atoms with Crippen molar-refractivity contribution >= 4 is 5.78 Å². The highest BCUT2D eigenvalue weighted by Crippen LogP contribution is 2.25. The summed E-state index contributed by atoms with van der Waals surface area (Å²) < 4.78 is 5.88. The molecule has 0 saturated carbocycles. The van der Waals surface area contributed by atoms with Crippen LogP contribution in [0.5, 0.6) is 5.75 Å². The average Bonchev–Trinajstić information content (AvgIpc) is 2.49. The SMILES string of the molecule is O=C1CCN(CCOc2ccc3c(c2)CCCC3)CC1. The molecule has 0 radical (unpaired) electrons. The highest BCUT2D eigenvalue weighted by atomic mass is 16.5. The third-order valence-corrected chi connectivity index (χ3v) is 4.41. The fourth-order valence-electron chi connectivity index (χ4n) is 3.12. The van der Waals surface area contributed by atoms with Crippen molar-refractivity contribution in [2.75, 3.05) is 26.2 Å². The molecule has 108 valence electrons. The van der Waals surface area contributed by atoms with E-state index in [1.165, 1.54) is 36.8 Å². The van der Waals surface area contributed by atoms with Gasteiger partial charge in [-0.15, -0.1) is 0 Å². The van der Waals surface area contributed by atoms with E-state index in [1.807, 2.05) is 0 Å². The van der Waals surface area contributed by atoms with Gasteiger partial charge in [0.2, 0.25) is 0 Å². The van der Waals surface area contributed by atoms with Crippen molar-refractivity contribution in [3.8, 4) is 5.75 Å². The summed E-state index contributed by atoms with van der Waals surface area (Å²) in [5.41, 5.74) is 2.97. The molecule has 1 aliphatic heterocycles. The van der Waals surface area contributed by atoms with E-state index in [0.717, 1.165) is 25.4 Å². The Morgan fingerprint density at radius 2 is 1.75 bits per heavy atom. The zero-order valence-corrected chi connectivity index (χ0v) is 12.1. The molecule has 0 amide bonds. The molecule has 20 heavy (non-hydrogen) atoms. The van der Waals surface area contributed by atoms with Crippen molar-refractivity contribution in [2.24, 2.45) is 0 Å². The van der Waals surface area contributed by atoms with Crippen LogP contribution in [0.3, 0.4) is 0 Å². The summed E-state index contributed by atoms with van der Waals surface area (Å²) in [5.74, 6) is 1.40. The van der Waals surface area contributed by atoms with Crippen molar-refractivity contribution in [1.82, 2.24) is 4.90 Å². The second-order valence-corrected chi connectivity index (χ2v) is 5.87. The van der Waals surface area contributed by atoms with Gasteiger partial charge < -0.3 is 4.74 Å². The van der Waals surface area contributed by atoms with E-state index in [0.29, 0.717) is 25.2 Å². The maximum absolute atomic E-state index is 11.2. The number of Topliss-reactive ketones (excluding diaryl/α,β-unsaturated/α-hetero) is 1. The van der Waals surface area contributed by atoms with Crippen LogP contribution in [0.15, 0.2) is 18.2 Å². The van der Waals surface area contributed by atoms with Gasteiger partial charge in [-0.25, -0.2) is 0 Å². The minimum absolute atomic E-state index is 0.400. The van der Waals surface area contributed by atoms with E-state index < -0.39 is 0 Å². The maximum Gasteiger partial charge on any atom is 0.135 e. The smallest absolute Gasteiger partial charge is 0.135 e. The van der Waals surface area contributed by atoms with E-state index >= 15 is 0 Å². The van der Waals surface area contributed by atoms with Crippen LogP contribution in [0.1, 0.15) is 36.8 Å². The molecule has 1 aliphatic carbocycles. The third kappa shape index (κ3) is 3.40. The third-order valence-electron chi connectivity index (χ3n) is 4.41. The molecular weight excluding hydrogens is 250 g/mol. The minimum Gasteiger partial charge on any atom is -0.492 e. The van der Waals surface area contributed by atoms with Gasteiger partial charge in [-0.3, -0.25) is 9.69 Å². The number of rotatable bonds is 4. The molecule has 0 spiro atoms. The summed E-state index contributed by atoms with van der Waals surface area (Å²) in [6, 6.07) is 6.54. The second-order valence-electron chi connectivity index (χ2n) is 5.87. The highest BCUT2D eigenvalue weighted by Gasteiger charge is 2.15. The van der Waals surface area contributed by atoms with E-state index in [2.05, 4.69) is 23.1 Å². The Bertz CT molecular complexity index is 474. The topological polar surface area (TPSA) is 29.5 Å². The lowest BCUT2D eigenvalue weighted by atomic mass is 9.92. The predicted molar refractivity (Wildman–Crippen MR) is 79.3 cm³/mol. The molecule has 1 heterocycles. The second kappa shape index (κ2) is 6.40. The number of fused-ring (bicyclic) bond motifs is 1. The van der Waals surface area contributed by atoms with Gasteiger partial charge in [0.25, 0.3) is 0 Å². The number of nitrogens with zero attached hydrogens (tertiary/aromatic N) is 1. The van der Waals surface area contributed by atoms with Crippen LogP contribution in [0.25, 0.3) is 0 Å². The van der Waals surface area contributed by atoms with E-state index in [9.17, 15) is 4.79 Å². The number of ketones is 1. The van der Waals surface area contributed by atoms with Crippen molar-refractivity contribution in [2.45, 2.75) is 38.5 Å². The van der Waals surface area contributed by atoms with Crippen LogP contribution in [0, 0.1) is 0 Å². The molecule has 1 saturated heterocycles. The van der Waals surface area contributed by atoms with Crippen molar-refractivity contribution in [3.05, 3.63) is 29.3 Å². The zero-order chi connectivity index (χ0) is 13.8. The largest absolute Gasteiger partial charge is 0.492 e. The summed E-state index contributed by atoms with van der Waals surface area (Å²) in [6.07, 6.45) is 6.45. The fourth-order valence-corrected chi connectivity index (χ4v) is 3.12. The molecule has 2 aliphatic rings. The van der Waals surface area contributed by atoms with E-state index in [4.69, 9.17) is 4.74 Å². The first kappa shape index (κ1) is 13.6. The van der Waals surface area contributed by atoms with Gasteiger partial charge in [-0.05, 0) is 48.9 Å². The van der Waals surface area contributed by atoms with Gasteiger partial charge in [-0.2, -0.15) is 0 Å². The predicted octanol–water partition coefficient (Wildman–Crippen LogP) is 2.61. The molecular formula is C17H23NO2. The quantitative estimate of drug-likeness (QED) is 0.844. The monoisotopic (exact) mass is 273 g/mol. The fraction of sp³-hybridized carbons (Fsp3) is 0.588. The van der Waals surface area contributed by atoms with Gasteiger partial charge in [0.1, 0.15) is 18.1 Å². The molecule has 0 bridgehead atoms. The Morgan fingerprint density at radius 1 is 1.00 bits per heavy atom. The van der Waals surface area contributed by atoms with Crippen LogP contribution in [-0.4, -0.2) is 36.9 Å². The number of carbonyl (C=O) groups is 1. The van der Waals surface area contributed by atoms with Crippen molar-refractivity contribution in [3.63, 3.8) is 0 Å². The Labute approximate surface area is 120 Å². The summed E-state index contributed by atoms with van der Waals surface area (Å²) in [7, 11) is 0. The number of likely N-dealkylation sites (tertiary alicyclic amines) is 1. The Balaban J connectivity index is 1.47. The molecule has 0 N–H and O–H groups in total. The number of benzene rings is 1. The van der Waals surface area contributed by atoms with Crippen LogP contribution in [-0.2, 0) is 17.6 Å². The molecule has 1 fully saturated rings. The molecule has 3 nitrogen and oxygen atoms in total. The Hall–Kier alpha value is -1.35. The molecule has 1 aromatic rings. The standard InChI is InChI=1S/C17H23NO2/c19-16-7-9-18(10-8-16)11-12-20-17-6-5-14-3-1-2-4-15(14)13-17/h5-6,13H,1-4,7-12H2. The van der Waals surface area contributed by atoms with Crippen molar-refractivity contribution < 1.29 is 9.53 Å². The summed E-state index contributed by atoms with van der Waals surface area (Å²) in [6.45, 7) is 3.43. The number of hydrogen-bond acceptors (Lipinski definition) is 3. The van der Waals surface area contributed by atoms with Gasteiger partial charge in [0, 0.05) is 32.5 Å². The summed E-state index contributed by atoms with van der Waals surface area (Å²) >= 11 is 0. The maximum atomic E-state index is 11.2. The van der Waals surface area contributed by atoms with Crippen LogP contribution < -0.4 is 4.74 Å². The van der Waals surface area contributed by atoms with Gasteiger partial charge in [0.05, 0.1) is 0 Å². The summed E-state index contributed by atoms with van der Waals surface area (Å²) in [4.78, 5) is 13.5. The molecule has 1 aromatic carbocycles. The Morgan fingerprint density at radius 3 is 2.55 bits per heavy atom. The number of carbonyl (C=O) groups excluding carboxylic acids is 1. The van der Waals surface area contributed by atoms with Crippen LogP contribution in [0.4, 0.5) is 0 Å². The molecule has 0 unspecified atom stereocenters. The number of aryl methyl sites for hydroxylation is 2. The molecule has 0 aromatic heterocycles. The first-order valence-corrected chi connectivity index (χ1v) is 7.80. The van der Waals surface area contributed by atoms with Crippen LogP contribution >= 0.6 is 0 Å². The highest BCUT2D eigenvalue weighted by molar-refractivity contribution is 5.79. The Kier molecular flexibility index (Phi) is 4.36. The van der Waals surface area contributed by atoms with E-state index in [-0.39, 0.29) is 0 Å². The normalized spacial score (nSPS) is 19.7. The van der Waals surface area contributed by atoms with Gasteiger partial charge in [0.15, 0.2) is 0 Å². The first-order valence-electron chi connectivity index (χ1n) is 7.80.